The Kier molecular flexibility index (Phi) is 6.50. The first-order valence-corrected chi connectivity index (χ1v) is 12.9. The smallest absolute Gasteiger partial charge is 0.225 e. The molecule has 0 aliphatic carbocycles. The maximum Gasteiger partial charge on any atom is 0.225 e. The number of benzene rings is 2. The average Bonchev–Trinajstić information content (AvgIpc) is 3.23. The SMILES string of the molecule is CC(C)c1cnc(N2CCC(COc3ccc(-c4ccc5c(c4)OC[S@]5=O)cc3F)CC2)nc1. The van der Waals surface area contributed by atoms with Crippen LogP contribution in [-0.4, -0.2) is 39.8 Å². The van der Waals surface area contributed by atoms with Crippen molar-refractivity contribution in [1.82, 2.24) is 9.97 Å². The van der Waals surface area contributed by atoms with E-state index in [0.29, 0.717) is 29.1 Å². The first-order valence-electron chi connectivity index (χ1n) is 11.6. The van der Waals surface area contributed by atoms with Gasteiger partial charge in [-0.2, -0.15) is 0 Å². The monoisotopic (exact) mass is 481 g/mol. The average molecular weight is 482 g/mol. The van der Waals surface area contributed by atoms with Crippen LogP contribution in [0, 0.1) is 11.7 Å². The summed E-state index contributed by atoms with van der Waals surface area (Å²) in [7, 11) is -1.12. The maximum absolute atomic E-state index is 14.8. The van der Waals surface area contributed by atoms with Gasteiger partial charge in [0, 0.05) is 25.5 Å². The molecule has 6 nitrogen and oxygen atoms in total. The molecule has 8 heteroatoms. The van der Waals surface area contributed by atoms with Crippen LogP contribution in [0.15, 0.2) is 53.7 Å². The fraction of sp³-hybridized carbons (Fsp3) is 0.385. The standard InChI is InChI=1S/C26H28FN3O3S/c1-17(2)21-13-28-26(29-14-21)30-9-7-18(8-10-30)15-32-23-5-3-19(11-22(23)27)20-4-6-25-24(12-20)33-16-34(25)31/h3-6,11-14,17-18H,7-10,15-16H2,1-2H3/t34-/m1/s1. The molecule has 2 aliphatic rings. The Morgan fingerprint density at radius 2 is 1.82 bits per heavy atom. The summed E-state index contributed by atoms with van der Waals surface area (Å²) in [6, 6.07) is 10.4. The van der Waals surface area contributed by atoms with E-state index < -0.39 is 16.6 Å². The number of halogens is 1. The highest BCUT2D eigenvalue weighted by atomic mass is 32.2. The van der Waals surface area contributed by atoms with Crippen LogP contribution in [0.5, 0.6) is 11.5 Å². The molecule has 0 unspecified atom stereocenters. The molecular formula is C26H28FN3O3S. The first kappa shape index (κ1) is 22.8. The predicted molar refractivity (Wildman–Crippen MR) is 130 cm³/mol. The molecule has 0 amide bonds. The maximum atomic E-state index is 14.8. The highest BCUT2D eigenvalue weighted by Crippen LogP contribution is 2.35. The Morgan fingerprint density at radius 1 is 1.12 bits per heavy atom. The van der Waals surface area contributed by atoms with Crippen molar-refractivity contribution < 1.29 is 18.1 Å². The summed E-state index contributed by atoms with van der Waals surface area (Å²) in [6.45, 7) is 6.47. The third kappa shape index (κ3) is 4.78. The molecule has 0 saturated carbocycles. The number of nitrogens with zero attached hydrogens (tertiary/aromatic N) is 3. The molecule has 178 valence electrons. The van der Waals surface area contributed by atoms with E-state index in [1.54, 1.807) is 12.1 Å². The molecule has 5 rings (SSSR count). The minimum atomic E-state index is -1.12. The largest absolute Gasteiger partial charge is 0.490 e. The van der Waals surface area contributed by atoms with E-state index in [1.165, 1.54) is 6.07 Å². The van der Waals surface area contributed by atoms with Crippen molar-refractivity contribution in [1.29, 1.82) is 0 Å². The summed E-state index contributed by atoms with van der Waals surface area (Å²) in [5.74, 6) is 2.20. The molecule has 1 fully saturated rings. The normalized spacial score (nSPS) is 18.1. The van der Waals surface area contributed by atoms with Crippen molar-refractivity contribution >= 4 is 16.7 Å². The Bertz CT molecular complexity index is 1190. The number of fused-ring (bicyclic) bond motifs is 1. The Morgan fingerprint density at radius 3 is 2.53 bits per heavy atom. The van der Waals surface area contributed by atoms with Gasteiger partial charge in [-0.25, -0.2) is 14.4 Å². The summed E-state index contributed by atoms with van der Waals surface area (Å²) in [5.41, 5.74) is 2.69. The first-order chi connectivity index (χ1) is 16.5. The quantitative estimate of drug-likeness (QED) is 0.485. The Labute approximate surface area is 201 Å². The van der Waals surface area contributed by atoms with Gasteiger partial charge in [0.05, 0.1) is 22.3 Å². The number of piperidine rings is 1. The number of aromatic nitrogens is 2. The van der Waals surface area contributed by atoms with Crippen LogP contribution >= 0.6 is 0 Å². The highest BCUT2D eigenvalue weighted by Gasteiger charge is 2.23. The molecule has 0 radical (unpaired) electrons. The van der Waals surface area contributed by atoms with Gasteiger partial charge in [0.2, 0.25) is 5.95 Å². The molecule has 34 heavy (non-hydrogen) atoms. The van der Waals surface area contributed by atoms with Crippen molar-refractivity contribution in [3.8, 4) is 22.6 Å². The van der Waals surface area contributed by atoms with Crippen molar-refractivity contribution in [2.45, 2.75) is 37.5 Å². The lowest BCUT2D eigenvalue weighted by atomic mass is 9.98. The van der Waals surface area contributed by atoms with Gasteiger partial charge in [-0.1, -0.05) is 26.0 Å². The molecule has 1 atom stereocenters. The van der Waals surface area contributed by atoms with Crippen LogP contribution in [0.3, 0.4) is 0 Å². The van der Waals surface area contributed by atoms with Gasteiger partial charge < -0.3 is 14.4 Å². The predicted octanol–water partition coefficient (Wildman–Crippen LogP) is 5.16. The van der Waals surface area contributed by atoms with Gasteiger partial charge in [-0.05, 0) is 65.6 Å². The van der Waals surface area contributed by atoms with E-state index in [0.717, 1.165) is 48.6 Å². The summed E-state index contributed by atoms with van der Waals surface area (Å²) in [6.07, 6.45) is 5.72. The number of ether oxygens (including phenoxy) is 2. The summed E-state index contributed by atoms with van der Waals surface area (Å²) in [5, 5.41) is 0. The molecule has 2 aromatic carbocycles. The Balaban J connectivity index is 1.16. The van der Waals surface area contributed by atoms with E-state index in [-0.39, 0.29) is 11.7 Å². The van der Waals surface area contributed by atoms with Crippen LogP contribution in [0.2, 0.25) is 0 Å². The van der Waals surface area contributed by atoms with Crippen LogP contribution in [0.1, 0.15) is 38.2 Å². The van der Waals surface area contributed by atoms with Crippen LogP contribution in [0.25, 0.3) is 11.1 Å². The molecule has 0 N–H and O–H groups in total. The number of hydrogen-bond acceptors (Lipinski definition) is 6. The zero-order valence-corrected chi connectivity index (χ0v) is 20.2. The molecule has 3 heterocycles. The fourth-order valence-corrected chi connectivity index (χ4v) is 5.19. The van der Waals surface area contributed by atoms with Crippen LogP contribution < -0.4 is 14.4 Å². The molecule has 1 saturated heterocycles. The van der Waals surface area contributed by atoms with Crippen molar-refractivity contribution in [2.24, 2.45) is 5.92 Å². The second-order valence-corrected chi connectivity index (χ2v) is 10.5. The van der Waals surface area contributed by atoms with Gasteiger partial charge in [0.25, 0.3) is 0 Å². The minimum Gasteiger partial charge on any atom is -0.490 e. The fourth-order valence-electron chi connectivity index (χ4n) is 4.27. The molecular weight excluding hydrogens is 453 g/mol. The minimum absolute atomic E-state index is 0.177. The molecule has 3 aromatic rings. The van der Waals surface area contributed by atoms with Gasteiger partial charge >= 0.3 is 0 Å². The van der Waals surface area contributed by atoms with Gasteiger partial charge in [-0.15, -0.1) is 0 Å². The lowest BCUT2D eigenvalue weighted by molar-refractivity contribution is 0.215. The molecule has 0 spiro atoms. The van der Waals surface area contributed by atoms with Gasteiger partial charge in [-0.3, -0.25) is 4.21 Å². The van der Waals surface area contributed by atoms with E-state index in [4.69, 9.17) is 9.47 Å². The van der Waals surface area contributed by atoms with Crippen LogP contribution in [0.4, 0.5) is 10.3 Å². The summed E-state index contributed by atoms with van der Waals surface area (Å²) in [4.78, 5) is 11.9. The van der Waals surface area contributed by atoms with Crippen LogP contribution in [-0.2, 0) is 10.8 Å². The van der Waals surface area contributed by atoms with Crippen molar-refractivity contribution in [2.75, 3.05) is 30.5 Å². The third-order valence-corrected chi connectivity index (χ3v) is 7.63. The van der Waals surface area contributed by atoms with Crippen molar-refractivity contribution in [3.05, 3.63) is 60.2 Å². The van der Waals surface area contributed by atoms with E-state index >= 15 is 0 Å². The van der Waals surface area contributed by atoms with E-state index in [9.17, 15) is 8.60 Å². The second kappa shape index (κ2) is 9.70. The zero-order chi connectivity index (χ0) is 23.7. The molecule has 1 aromatic heterocycles. The Hall–Kier alpha value is -3.00. The van der Waals surface area contributed by atoms with Crippen molar-refractivity contribution in [3.63, 3.8) is 0 Å². The van der Waals surface area contributed by atoms with E-state index in [2.05, 4.69) is 28.7 Å². The summed E-state index contributed by atoms with van der Waals surface area (Å²) < 4.78 is 37.9. The molecule has 0 bridgehead atoms. The second-order valence-electron chi connectivity index (χ2n) is 9.13. The van der Waals surface area contributed by atoms with Gasteiger partial charge in [0.15, 0.2) is 17.5 Å². The zero-order valence-electron chi connectivity index (χ0n) is 19.4. The topological polar surface area (TPSA) is 64.6 Å². The number of rotatable bonds is 6. The van der Waals surface area contributed by atoms with Gasteiger partial charge in [0.1, 0.15) is 5.75 Å². The summed E-state index contributed by atoms with van der Waals surface area (Å²) >= 11 is 0. The lowest BCUT2D eigenvalue weighted by Crippen LogP contribution is -2.36. The number of anilines is 1. The molecule has 2 aliphatic heterocycles. The third-order valence-electron chi connectivity index (χ3n) is 6.47. The highest BCUT2D eigenvalue weighted by molar-refractivity contribution is 7.85. The lowest BCUT2D eigenvalue weighted by Gasteiger charge is -2.32. The number of hydrogen-bond donors (Lipinski definition) is 0. The van der Waals surface area contributed by atoms with E-state index in [1.807, 2.05) is 30.6 Å².